The zero-order valence-corrected chi connectivity index (χ0v) is 12.1. The molecule has 1 aromatic carbocycles. The van der Waals surface area contributed by atoms with Crippen molar-refractivity contribution in [3.63, 3.8) is 0 Å². The Morgan fingerprint density at radius 3 is 2.63 bits per heavy atom. The number of rotatable bonds is 4. The van der Waals surface area contributed by atoms with Gasteiger partial charge in [-0.3, -0.25) is 11.3 Å². The van der Waals surface area contributed by atoms with Crippen molar-refractivity contribution in [2.24, 2.45) is 5.84 Å². The van der Waals surface area contributed by atoms with E-state index in [1.807, 2.05) is 13.8 Å². The molecule has 5 heteroatoms. The fourth-order valence-electron chi connectivity index (χ4n) is 2.09. The molecule has 0 aliphatic carbocycles. The molecule has 2 aromatic rings. The number of hydrazine groups is 1. The number of aryl methyl sites for hydroxylation is 3. The van der Waals surface area contributed by atoms with E-state index in [0.29, 0.717) is 6.42 Å². The highest BCUT2D eigenvalue weighted by Crippen LogP contribution is 2.25. The average Bonchev–Trinajstić information content (AvgIpc) is 2.66. The van der Waals surface area contributed by atoms with Crippen molar-refractivity contribution >= 4 is 11.3 Å². The molecule has 102 valence electrons. The molecule has 0 radical (unpaired) electrons. The Balaban J connectivity index is 2.24. The van der Waals surface area contributed by atoms with E-state index in [0.717, 1.165) is 21.8 Å². The second-order valence-electron chi connectivity index (χ2n) is 4.67. The number of hydrogen-bond donors (Lipinski definition) is 2. The third-order valence-electron chi connectivity index (χ3n) is 3.26. The third kappa shape index (κ3) is 3.18. The van der Waals surface area contributed by atoms with Crippen LogP contribution in [-0.4, -0.2) is 4.98 Å². The molecule has 0 fully saturated rings. The lowest BCUT2D eigenvalue weighted by Crippen LogP contribution is -2.30. The SMILES string of the molecule is Cc1cc(F)ccc1C(Cc1nc(C)c(C)s1)NN. The predicted octanol–water partition coefficient (Wildman–Crippen LogP) is 2.95. The summed E-state index contributed by atoms with van der Waals surface area (Å²) < 4.78 is 13.1. The molecule has 0 amide bonds. The topological polar surface area (TPSA) is 50.9 Å². The summed E-state index contributed by atoms with van der Waals surface area (Å²) in [6.07, 6.45) is 0.711. The Kier molecular flexibility index (Phi) is 4.29. The van der Waals surface area contributed by atoms with Crippen LogP contribution in [0.2, 0.25) is 0 Å². The molecule has 0 spiro atoms. The molecule has 0 saturated carbocycles. The minimum atomic E-state index is -0.224. The van der Waals surface area contributed by atoms with Gasteiger partial charge in [0.05, 0.1) is 16.7 Å². The summed E-state index contributed by atoms with van der Waals surface area (Å²) in [6.45, 7) is 5.95. The van der Waals surface area contributed by atoms with E-state index in [2.05, 4.69) is 17.3 Å². The molecule has 19 heavy (non-hydrogen) atoms. The Labute approximate surface area is 116 Å². The Morgan fingerprint density at radius 2 is 2.11 bits per heavy atom. The van der Waals surface area contributed by atoms with Gasteiger partial charge in [-0.25, -0.2) is 9.37 Å². The molecule has 2 rings (SSSR count). The van der Waals surface area contributed by atoms with Gasteiger partial charge in [-0.15, -0.1) is 11.3 Å². The standard InChI is InChI=1S/C14H18FN3S/c1-8-6-11(15)4-5-12(8)13(18-16)7-14-17-9(2)10(3)19-14/h4-6,13,18H,7,16H2,1-3H3. The summed E-state index contributed by atoms with van der Waals surface area (Å²) in [6, 6.07) is 4.72. The second-order valence-corrected chi connectivity index (χ2v) is 5.96. The smallest absolute Gasteiger partial charge is 0.123 e. The zero-order valence-electron chi connectivity index (χ0n) is 11.3. The van der Waals surface area contributed by atoms with Gasteiger partial charge in [-0.2, -0.15) is 0 Å². The molecule has 3 nitrogen and oxygen atoms in total. The van der Waals surface area contributed by atoms with Gasteiger partial charge in [0.2, 0.25) is 0 Å². The van der Waals surface area contributed by atoms with Crippen molar-refractivity contribution in [3.05, 3.63) is 50.7 Å². The molecule has 1 unspecified atom stereocenters. The molecular weight excluding hydrogens is 261 g/mol. The van der Waals surface area contributed by atoms with Crippen LogP contribution in [-0.2, 0) is 6.42 Å². The summed E-state index contributed by atoms with van der Waals surface area (Å²) in [5, 5.41) is 1.04. The molecule has 0 aliphatic rings. The first-order valence-corrected chi connectivity index (χ1v) is 6.98. The maximum Gasteiger partial charge on any atom is 0.123 e. The molecule has 1 aromatic heterocycles. The largest absolute Gasteiger partial charge is 0.271 e. The van der Waals surface area contributed by atoms with Crippen LogP contribution in [0.1, 0.15) is 32.7 Å². The van der Waals surface area contributed by atoms with Crippen LogP contribution in [0, 0.1) is 26.6 Å². The Hall–Kier alpha value is -1.30. The van der Waals surface area contributed by atoms with Crippen LogP contribution in [0.3, 0.4) is 0 Å². The molecule has 1 heterocycles. The zero-order chi connectivity index (χ0) is 14.0. The van der Waals surface area contributed by atoms with Crippen molar-refractivity contribution in [3.8, 4) is 0 Å². The Morgan fingerprint density at radius 1 is 1.37 bits per heavy atom. The van der Waals surface area contributed by atoms with Crippen LogP contribution in [0.25, 0.3) is 0 Å². The highest BCUT2D eigenvalue weighted by molar-refractivity contribution is 7.11. The lowest BCUT2D eigenvalue weighted by Gasteiger charge is -2.17. The van der Waals surface area contributed by atoms with Crippen LogP contribution >= 0.6 is 11.3 Å². The number of nitrogens with two attached hydrogens (primary N) is 1. The number of aromatic nitrogens is 1. The van der Waals surface area contributed by atoms with E-state index in [9.17, 15) is 4.39 Å². The fourth-order valence-corrected chi connectivity index (χ4v) is 3.07. The number of hydrogen-bond acceptors (Lipinski definition) is 4. The van der Waals surface area contributed by atoms with E-state index < -0.39 is 0 Å². The normalized spacial score (nSPS) is 12.7. The quantitative estimate of drug-likeness (QED) is 0.668. The van der Waals surface area contributed by atoms with Gasteiger partial charge in [0.1, 0.15) is 5.82 Å². The third-order valence-corrected chi connectivity index (χ3v) is 4.36. The van der Waals surface area contributed by atoms with Crippen LogP contribution < -0.4 is 11.3 Å². The molecule has 1 atom stereocenters. The van der Waals surface area contributed by atoms with Gasteiger partial charge in [0, 0.05) is 11.3 Å². The van der Waals surface area contributed by atoms with E-state index >= 15 is 0 Å². The lowest BCUT2D eigenvalue weighted by molar-refractivity contribution is 0.545. The van der Waals surface area contributed by atoms with Crippen molar-refractivity contribution in [1.82, 2.24) is 10.4 Å². The summed E-state index contributed by atoms with van der Waals surface area (Å²) >= 11 is 1.68. The van der Waals surface area contributed by atoms with Gasteiger partial charge in [0.15, 0.2) is 0 Å². The number of nitrogens with one attached hydrogen (secondary N) is 1. The molecule has 0 bridgehead atoms. The minimum Gasteiger partial charge on any atom is -0.271 e. The van der Waals surface area contributed by atoms with Crippen LogP contribution in [0.4, 0.5) is 4.39 Å². The van der Waals surface area contributed by atoms with E-state index in [-0.39, 0.29) is 11.9 Å². The molecule has 0 aliphatic heterocycles. The first kappa shape index (κ1) is 14.1. The highest BCUT2D eigenvalue weighted by atomic mass is 32.1. The van der Waals surface area contributed by atoms with Crippen LogP contribution in [0.5, 0.6) is 0 Å². The lowest BCUT2D eigenvalue weighted by atomic mass is 9.99. The molecule has 3 N–H and O–H groups in total. The first-order valence-electron chi connectivity index (χ1n) is 6.16. The van der Waals surface area contributed by atoms with Gasteiger partial charge >= 0.3 is 0 Å². The van der Waals surface area contributed by atoms with Crippen LogP contribution in [0.15, 0.2) is 18.2 Å². The Bertz CT molecular complexity index is 561. The number of halogens is 1. The summed E-state index contributed by atoms with van der Waals surface area (Å²) in [4.78, 5) is 5.74. The number of nitrogens with zero attached hydrogens (tertiary/aromatic N) is 1. The van der Waals surface area contributed by atoms with Gasteiger partial charge in [-0.1, -0.05) is 6.07 Å². The minimum absolute atomic E-state index is 0.0504. The van der Waals surface area contributed by atoms with Crippen molar-refractivity contribution in [2.75, 3.05) is 0 Å². The van der Waals surface area contributed by atoms with E-state index in [1.165, 1.54) is 17.0 Å². The van der Waals surface area contributed by atoms with Gasteiger partial charge < -0.3 is 0 Å². The predicted molar refractivity (Wildman–Crippen MR) is 76.5 cm³/mol. The first-order chi connectivity index (χ1) is 9.01. The number of benzene rings is 1. The second kappa shape index (κ2) is 5.77. The van der Waals surface area contributed by atoms with E-state index in [4.69, 9.17) is 5.84 Å². The summed E-state index contributed by atoms with van der Waals surface area (Å²) in [5.74, 6) is 5.41. The van der Waals surface area contributed by atoms with Crippen molar-refractivity contribution in [1.29, 1.82) is 0 Å². The fraction of sp³-hybridized carbons (Fsp3) is 0.357. The molecule has 0 saturated heterocycles. The summed E-state index contributed by atoms with van der Waals surface area (Å²) in [5.41, 5.74) is 5.77. The molecular formula is C14H18FN3S. The van der Waals surface area contributed by atoms with Gasteiger partial charge in [-0.05, 0) is 44.0 Å². The monoisotopic (exact) mass is 279 g/mol. The summed E-state index contributed by atoms with van der Waals surface area (Å²) in [7, 11) is 0. The number of thiazole rings is 1. The maximum absolute atomic E-state index is 13.1. The van der Waals surface area contributed by atoms with E-state index in [1.54, 1.807) is 17.4 Å². The average molecular weight is 279 g/mol. The van der Waals surface area contributed by atoms with Crippen molar-refractivity contribution < 1.29 is 4.39 Å². The van der Waals surface area contributed by atoms with Gasteiger partial charge in [0.25, 0.3) is 0 Å². The highest BCUT2D eigenvalue weighted by Gasteiger charge is 2.16. The maximum atomic E-state index is 13.1. The van der Waals surface area contributed by atoms with Crippen molar-refractivity contribution in [2.45, 2.75) is 33.2 Å².